The minimum Gasteiger partial charge on any atom is -0.453 e. The van der Waals surface area contributed by atoms with Crippen LogP contribution in [0.4, 0.5) is 4.79 Å². The molecule has 0 aromatic heterocycles. The maximum Gasteiger partial charge on any atom is 0.406 e. The summed E-state index contributed by atoms with van der Waals surface area (Å²) in [7, 11) is 1.33. The zero-order chi connectivity index (χ0) is 17.2. The fraction of sp³-hybridized carbons (Fsp3) is 0.556. The number of methoxy groups -OCH3 is 1. The molecule has 0 aliphatic carbocycles. The van der Waals surface area contributed by atoms with E-state index in [1.807, 2.05) is 37.3 Å². The van der Waals surface area contributed by atoms with E-state index in [1.165, 1.54) is 7.11 Å². The second kappa shape index (κ2) is 9.87. The first-order valence-corrected chi connectivity index (χ1v) is 8.08. The molecule has 2 amide bonds. The molecule has 1 aromatic carbocycles. The van der Waals surface area contributed by atoms with E-state index in [2.05, 4.69) is 29.2 Å². The SMILES string of the molecule is COC(=O)NCC(CC(=O)NC(C)c1ccccc1)CC(C)C. The molecule has 0 bridgehead atoms. The lowest BCUT2D eigenvalue weighted by Crippen LogP contribution is -2.34. The highest BCUT2D eigenvalue weighted by molar-refractivity contribution is 5.76. The molecule has 0 spiro atoms. The van der Waals surface area contributed by atoms with Crippen LogP contribution in [-0.4, -0.2) is 25.7 Å². The van der Waals surface area contributed by atoms with Gasteiger partial charge in [0.15, 0.2) is 0 Å². The Morgan fingerprint density at radius 2 is 1.78 bits per heavy atom. The molecular formula is C18H28N2O3. The number of hydrogen-bond acceptors (Lipinski definition) is 3. The van der Waals surface area contributed by atoms with Crippen LogP contribution in [0, 0.1) is 11.8 Å². The third kappa shape index (κ3) is 7.68. The van der Waals surface area contributed by atoms with Crippen LogP contribution in [-0.2, 0) is 9.53 Å². The summed E-state index contributed by atoms with van der Waals surface area (Å²) in [5.41, 5.74) is 1.08. The predicted molar refractivity (Wildman–Crippen MR) is 91.0 cm³/mol. The van der Waals surface area contributed by atoms with Crippen molar-refractivity contribution in [3.05, 3.63) is 35.9 Å². The molecule has 23 heavy (non-hydrogen) atoms. The normalized spacial score (nSPS) is 13.3. The van der Waals surface area contributed by atoms with Gasteiger partial charge < -0.3 is 15.4 Å². The lowest BCUT2D eigenvalue weighted by molar-refractivity contribution is -0.122. The van der Waals surface area contributed by atoms with Crippen LogP contribution in [0.25, 0.3) is 0 Å². The van der Waals surface area contributed by atoms with Crippen LogP contribution in [0.1, 0.15) is 45.2 Å². The number of carbonyl (C=O) groups is 2. The van der Waals surface area contributed by atoms with Gasteiger partial charge in [-0.3, -0.25) is 4.79 Å². The summed E-state index contributed by atoms with van der Waals surface area (Å²) in [5.74, 6) is 0.550. The third-order valence-corrected chi connectivity index (χ3v) is 3.68. The first-order valence-electron chi connectivity index (χ1n) is 8.08. The number of alkyl carbamates (subject to hydrolysis) is 1. The predicted octanol–water partition coefficient (Wildman–Crippen LogP) is 3.27. The molecule has 0 aliphatic heterocycles. The Morgan fingerprint density at radius 3 is 2.35 bits per heavy atom. The van der Waals surface area contributed by atoms with E-state index < -0.39 is 6.09 Å². The van der Waals surface area contributed by atoms with E-state index in [4.69, 9.17) is 0 Å². The fourth-order valence-corrected chi connectivity index (χ4v) is 2.59. The summed E-state index contributed by atoms with van der Waals surface area (Å²) in [6.45, 7) is 6.63. The van der Waals surface area contributed by atoms with E-state index >= 15 is 0 Å². The van der Waals surface area contributed by atoms with Gasteiger partial charge in [-0.25, -0.2) is 4.79 Å². The summed E-state index contributed by atoms with van der Waals surface area (Å²) < 4.78 is 4.58. The van der Waals surface area contributed by atoms with Gasteiger partial charge in [-0.15, -0.1) is 0 Å². The first-order chi connectivity index (χ1) is 10.9. The summed E-state index contributed by atoms with van der Waals surface area (Å²) >= 11 is 0. The van der Waals surface area contributed by atoms with Crippen molar-refractivity contribution < 1.29 is 14.3 Å². The Bertz CT molecular complexity index is 488. The standard InChI is InChI=1S/C18H28N2O3/c1-13(2)10-15(12-19-18(22)23-4)11-17(21)20-14(3)16-8-6-5-7-9-16/h5-9,13-15H,10-12H2,1-4H3,(H,19,22)(H,20,21). The Morgan fingerprint density at radius 1 is 1.13 bits per heavy atom. The molecule has 1 aromatic rings. The summed E-state index contributed by atoms with van der Waals surface area (Å²) in [5, 5.41) is 5.71. The van der Waals surface area contributed by atoms with Crippen LogP contribution >= 0.6 is 0 Å². The Balaban J connectivity index is 2.53. The van der Waals surface area contributed by atoms with E-state index in [0.717, 1.165) is 12.0 Å². The fourth-order valence-electron chi connectivity index (χ4n) is 2.59. The first kappa shape index (κ1) is 19.0. The molecule has 0 saturated heterocycles. The summed E-state index contributed by atoms with van der Waals surface area (Å²) in [6.07, 6.45) is 0.799. The molecule has 0 aliphatic rings. The van der Waals surface area contributed by atoms with Crippen LogP contribution < -0.4 is 10.6 Å². The number of benzene rings is 1. The number of rotatable bonds is 8. The van der Waals surface area contributed by atoms with Crippen molar-refractivity contribution in [3.63, 3.8) is 0 Å². The highest BCUT2D eigenvalue weighted by atomic mass is 16.5. The van der Waals surface area contributed by atoms with Crippen LogP contribution in [0.3, 0.4) is 0 Å². The number of amides is 2. The van der Waals surface area contributed by atoms with E-state index in [0.29, 0.717) is 18.9 Å². The van der Waals surface area contributed by atoms with Gasteiger partial charge in [0.2, 0.25) is 5.91 Å². The molecule has 5 nitrogen and oxygen atoms in total. The van der Waals surface area contributed by atoms with Gasteiger partial charge in [0, 0.05) is 13.0 Å². The zero-order valence-electron chi connectivity index (χ0n) is 14.5. The summed E-state index contributed by atoms with van der Waals surface area (Å²) in [6, 6.07) is 9.83. The molecular weight excluding hydrogens is 292 g/mol. The second-order valence-corrected chi connectivity index (χ2v) is 6.27. The molecule has 2 N–H and O–H groups in total. The zero-order valence-corrected chi connectivity index (χ0v) is 14.5. The second-order valence-electron chi connectivity index (χ2n) is 6.27. The molecule has 2 atom stereocenters. The van der Waals surface area contributed by atoms with Gasteiger partial charge in [-0.05, 0) is 30.7 Å². The molecule has 0 radical (unpaired) electrons. The van der Waals surface area contributed by atoms with Gasteiger partial charge in [0.05, 0.1) is 13.2 Å². The minimum atomic E-state index is -0.461. The number of hydrogen-bond donors (Lipinski definition) is 2. The van der Waals surface area contributed by atoms with Crippen molar-refractivity contribution >= 4 is 12.0 Å². The maximum atomic E-state index is 12.3. The smallest absolute Gasteiger partial charge is 0.406 e. The molecule has 128 valence electrons. The van der Waals surface area contributed by atoms with Crippen molar-refractivity contribution in [3.8, 4) is 0 Å². The largest absolute Gasteiger partial charge is 0.453 e. The highest BCUT2D eigenvalue weighted by Crippen LogP contribution is 2.17. The number of nitrogens with one attached hydrogen (secondary N) is 2. The minimum absolute atomic E-state index is 0.00123. The Hall–Kier alpha value is -2.04. The van der Waals surface area contributed by atoms with Gasteiger partial charge in [0.25, 0.3) is 0 Å². The Kier molecular flexibility index (Phi) is 8.16. The van der Waals surface area contributed by atoms with Crippen molar-refractivity contribution in [2.45, 2.75) is 39.7 Å². The van der Waals surface area contributed by atoms with Crippen molar-refractivity contribution in [1.29, 1.82) is 0 Å². The molecule has 1 rings (SSSR count). The van der Waals surface area contributed by atoms with Crippen molar-refractivity contribution in [2.24, 2.45) is 11.8 Å². The third-order valence-electron chi connectivity index (χ3n) is 3.68. The molecule has 0 heterocycles. The maximum absolute atomic E-state index is 12.3. The molecule has 5 heteroatoms. The van der Waals surface area contributed by atoms with E-state index in [1.54, 1.807) is 0 Å². The lowest BCUT2D eigenvalue weighted by atomic mass is 9.93. The highest BCUT2D eigenvalue weighted by Gasteiger charge is 2.18. The summed E-state index contributed by atoms with van der Waals surface area (Å²) in [4.78, 5) is 23.5. The van der Waals surface area contributed by atoms with Gasteiger partial charge >= 0.3 is 6.09 Å². The quantitative estimate of drug-likeness (QED) is 0.772. The molecule has 2 unspecified atom stereocenters. The van der Waals surface area contributed by atoms with Crippen molar-refractivity contribution in [2.75, 3.05) is 13.7 Å². The van der Waals surface area contributed by atoms with Crippen LogP contribution in [0.15, 0.2) is 30.3 Å². The van der Waals surface area contributed by atoms with Gasteiger partial charge in [0.1, 0.15) is 0 Å². The average molecular weight is 320 g/mol. The molecule has 0 fully saturated rings. The van der Waals surface area contributed by atoms with Crippen LogP contribution in [0.5, 0.6) is 0 Å². The average Bonchev–Trinajstić information content (AvgIpc) is 2.52. The lowest BCUT2D eigenvalue weighted by Gasteiger charge is -2.21. The van der Waals surface area contributed by atoms with Crippen molar-refractivity contribution in [1.82, 2.24) is 10.6 Å². The molecule has 0 saturated carbocycles. The Labute approximate surface area is 138 Å². The van der Waals surface area contributed by atoms with Gasteiger partial charge in [-0.2, -0.15) is 0 Å². The monoisotopic (exact) mass is 320 g/mol. The van der Waals surface area contributed by atoms with E-state index in [-0.39, 0.29) is 17.9 Å². The van der Waals surface area contributed by atoms with E-state index in [9.17, 15) is 9.59 Å². The van der Waals surface area contributed by atoms with Gasteiger partial charge in [-0.1, -0.05) is 44.2 Å². The number of carbonyl (C=O) groups excluding carboxylic acids is 2. The number of ether oxygens (including phenoxy) is 1. The van der Waals surface area contributed by atoms with Crippen LogP contribution in [0.2, 0.25) is 0 Å². The topological polar surface area (TPSA) is 67.4 Å².